The van der Waals surface area contributed by atoms with Gasteiger partial charge in [0.2, 0.25) is 5.88 Å². The van der Waals surface area contributed by atoms with Gasteiger partial charge in [0.25, 0.3) is 0 Å². The molecule has 23 heavy (non-hydrogen) atoms. The number of anilines is 1. The van der Waals surface area contributed by atoms with Gasteiger partial charge in [-0.1, -0.05) is 0 Å². The minimum absolute atomic E-state index is 0.0111. The van der Waals surface area contributed by atoms with Crippen molar-refractivity contribution in [2.75, 3.05) is 18.1 Å². The van der Waals surface area contributed by atoms with E-state index in [4.69, 9.17) is 4.74 Å². The van der Waals surface area contributed by atoms with E-state index < -0.39 is 6.09 Å². The molecule has 0 saturated carbocycles. The normalized spacial score (nSPS) is 28.3. The molecule has 3 aliphatic rings. The fourth-order valence-corrected chi connectivity index (χ4v) is 4.23. The topological polar surface area (TPSA) is 91.7 Å². The average molecular weight is 313 g/mol. The zero-order valence-electron chi connectivity index (χ0n) is 12.3. The molecule has 1 amide bonds. The maximum absolute atomic E-state index is 11.6. The van der Waals surface area contributed by atoms with Gasteiger partial charge >= 0.3 is 6.09 Å². The zero-order chi connectivity index (χ0) is 15.6. The summed E-state index contributed by atoms with van der Waals surface area (Å²) >= 11 is 0. The first-order valence-corrected chi connectivity index (χ1v) is 7.74. The first-order chi connectivity index (χ1) is 11.2. The Morgan fingerprint density at radius 2 is 2.17 bits per heavy atom. The number of pyridine rings is 1. The van der Waals surface area contributed by atoms with E-state index in [-0.39, 0.29) is 18.1 Å². The Morgan fingerprint density at radius 3 is 3.04 bits per heavy atom. The van der Waals surface area contributed by atoms with Crippen LogP contribution in [0.25, 0.3) is 10.9 Å². The molecule has 2 bridgehead atoms. The monoisotopic (exact) mass is 313 g/mol. The summed E-state index contributed by atoms with van der Waals surface area (Å²) in [6.45, 7) is 1.04. The smallest absolute Gasteiger partial charge is 0.407 e. The van der Waals surface area contributed by atoms with Crippen molar-refractivity contribution < 1.29 is 14.6 Å². The van der Waals surface area contributed by atoms with E-state index in [2.05, 4.69) is 19.9 Å². The van der Waals surface area contributed by atoms with Crippen LogP contribution >= 0.6 is 0 Å². The van der Waals surface area contributed by atoms with Crippen LogP contribution in [0, 0.1) is 0 Å². The highest BCUT2D eigenvalue weighted by atomic mass is 16.5. The van der Waals surface area contributed by atoms with Crippen molar-refractivity contribution in [2.24, 2.45) is 0 Å². The minimum Gasteiger partial charge on any atom is -0.475 e. The third kappa shape index (κ3) is 1.66. The molecule has 0 radical (unpaired) electrons. The van der Waals surface area contributed by atoms with Gasteiger partial charge in [0.1, 0.15) is 24.1 Å². The lowest BCUT2D eigenvalue weighted by molar-refractivity contribution is 0.0908. The number of fused-ring (bicyclic) bond motifs is 5. The Balaban J connectivity index is 1.67. The van der Waals surface area contributed by atoms with E-state index in [0.29, 0.717) is 19.0 Å². The molecule has 2 saturated heterocycles. The second kappa shape index (κ2) is 4.43. The van der Waals surface area contributed by atoms with Crippen LogP contribution in [0.3, 0.4) is 0 Å². The van der Waals surface area contributed by atoms with E-state index in [1.165, 1.54) is 0 Å². The molecule has 8 nitrogen and oxygen atoms in total. The molecule has 2 aromatic heterocycles. The summed E-state index contributed by atoms with van der Waals surface area (Å²) in [5.41, 5.74) is 0.800. The molecular formula is C15H15N5O3. The summed E-state index contributed by atoms with van der Waals surface area (Å²) in [7, 11) is 0. The van der Waals surface area contributed by atoms with Crippen molar-refractivity contribution >= 4 is 22.8 Å². The van der Waals surface area contributed by atoms with Gasteiger partial charge in [-0.05, 0) is 18.9 Å². The van der Waals surface area contributed by atoms with Crippen molar-refractivity contribution in [2.45, 2.75) is 31.0 Å². The van der Waals surface area contributed by atoms with Crippen LogP contribution in [0.4, 0.5) is 10.6 Å². The van der Waals surface area contributed by atoms with Gasteiger partial charge < -0.3 is 14.7 Å². The van der Waals surface area contributed by atoms with Crippen molar-refractivity contribution in [3.63, 3.8) is 0 Å². The van der Waals surface area contributed by atoms with Crippen molar-refractivity contribution in [3.8, 4) is 5.88 Å². The first kappa shape index (κ1) is 12.9. The predicted octanol–water partition coefficient (Wildman–Crippen LogP) is 1.12. The van der Waals surface area contributed by atoms with Gasteiger partial charge in [-0.2, -0.15) is 0 Å². The molecule has 2 fully saturated rings. The number of hydrogen-bond acceptors (Lipinski definition) is 6. The number of carboxylic acid groups (broad SMARTS) is 1. The van der Waals surface area contributed by atoms with Crippen LogP contribution in [0.1, 0.15) is 12.8 Å². The minimum atomic E-state index is -0.843. The predicted molar refractivity (Wildman–Crippen MR) is 80.6 cm³/mol. The Hall–Kier alpha value is -2.64. The maximum atomic E-state index is 11.6. The molecular weight excluding hydrogens is 298 g/mol. The van der Waals surface area contributed by atoms with Crippen molar-refractivity contribution in [3.05, 3.63) is 18.6 Å². The highest BCUT2D eigenvalue weighted by Crippen LogP contribution is 2.41. The fraction of sp³-hybridized carbons (Fsp3) is 0.467. The van der Waals surface area contributed by atoms with Gasteiger partial charge in [-0.15, -0.1) is 0 Å². The number of carbonyl (C=O) groups is 1. The number of aromatic nitrogens is 3. The molecule has 118 valence electrons. The number of nitrogens with zero attached hydrogens (tertiary/aromatic N) is 5. The molecule has 5 rings (SSSR count). The van der Waals surface area contributed by atoms with E-state index in [1.54, 1.807) is 17.4 Å². The fourth-order valence-electron chi connectivity index (χ4n) is 4.23. The van der Waals surface area contributed by atoms with Crippen LogP contribution in [0.15, 0.2) is 18.6 Å². The Labute approximate surface area is 131 Å². The van der Waals surface area contributed by atoms with Crippen LogP contribution in [0.2, 0.25) is 0 Å². The Kier molecular flexibility index (Phi) is 2.48. The van der Waals surface area contributed by atoms with Crippen LogP contribution in [-0.4, -0.2) is 62.3 Å². The Morgan fingerprint density at radius 1 is 1.26 bits per heavy atom. The molecule has 0 spiro atoms. The standard InChI is InChI=1S/C15H15N5O3/c21-15(22)20-8-1-2-10(20)11-6-23-14-12-9(3-4-16-14)17-7-18-13(12)19(11)5-8/h3-4,7-8,10-11H,1-2,5-6H2,(H,21,22). The van der Waals surface area contributed by atoms with Gasteiger partial charge in [0.05, 0.1) is 23.6 Å². The third-order valence-electron chi connectivity index (χ3n) is 5.18. The van der Waals surface area contributed by atoms with E-state index in [0.717, 1.165) is 29.6 Å². The lowest BCUT2D eigenvalue weighted by Gasteiger charge is -2.45. The van der Waals surface area contributed by atoms with Gasteiger partial charge in [-0.3, -0.25) is 4.90 Å². The summed E-state index contributed by atoms with van der Waals surface area (Å²) in [6, 6.07) is 1.75. The number of amides is 1. The molecule has 3 unspecified atom stereocenters. The Bertz CT molecular complexity index is 808. The molecule has 0 aromatic carbocycles. The number of ether oxygens (including phenoxy) is 1. The number of hydrogen-bond donors (Lipinski definition) is 1. The second-order valence-electron chi connectivity index (χ2n) is 6.23. The number of piperazine rings is 1. The third-order valence-corrected chi connectivity index (χ3v) is 5.18. The summed E-state index contributed by atoms with van der Waals surface area (Å²) in [6.07, 6.45) is 4.13. The molecule has 3 aliphatic heterocycles. The summed E-state index contributed by atoms with van der Waals surface area (Å²) in [4.78, 5) is 28.5. The second-order valence-corrected chi connectivity index (χ2v) is 6.23. The van der Waals surface area contributed by atoms with Crippen LogP contribution in [0.5, 0.6) is 5.88 Å². The molecule has 5 heterocycles. The van der Waals surface area contributed by atoms with Crippen LogP contribution in [-0.2, 0) is 0 Å². The quantitative estimate of drug-likeness (QED) is 0.779. The highest BCUT2D eigenvalue weighted by Gasteiger charge is 2.50. The lowest BCUT2D eigenvalue weighted by atomic mass is 10.0. The SMILES string of the molecule is O=C(O)N1C2CCC1C1COc3nccc4ncnc(c34)N1C2. The largest absolute Gasteiger partial charge is 0.475 e. The van der Waals surface area contributed by atoms with E-state index >= 15 is 0 Å². The zero-order valence-corrected chi connectivity index (χ0v) is 12.3. The van der Waals surface area contributed by atoms with Crippen molar-refractivity contribution in [1.29, 1.82) is 0 Å². The number of rotatable bonds is 0. The summed E-state index contributed by atoms with van der Waals surface area (Å²) in [5.74, 6) is 1.34. The summed E-state index contributed by atoms with van der Waals surface area (Å²) < 4.78 is 5.92. The van der Waals surface area contributed by atoms with Crippen molar-refractivity contribution in [1.82, 2.24) is 19.9 Å². The van der Waals surface area contributed by atoms with Gasteiger partial charge in [0, 0.05) is 12.7 Å². The average Bonchev–Trinajstić information content (AvgIpc) is 2.79. The molecule has 2 aromatic rings. The van der Waals surface area contributed by atoms with Gasteiger partial charge in [-0.25, -0.2) is 19.7 Å². The first-order valence-electron chi connectivity index (χ1n) is 7.74. The molecule has 3 atom stereocenters. The lowest BCUT2D eigenvalue weighted by Crippen LogP contribution is -2.62. The maximum Gasteiger partial charge on any atom is 0.407 e. The van der Waals surface area contributed by atoms with E-state index in [9.17, 15) is 9.90 Å². The molecule has 8 heteroatoms. The highest BCUT2D eigenvalue weighted by molar-refractivity contribution is 5.94. The molecule has 0 aliphatic carbocycles. The van der Waals surface area contributed by atoms with E-state index in [1.807, 2.05) is 6.07 Å². The van der Waals surface area contributed by atoms with Crippen LogP contribution < -0.4 is 9.64 Å². The molecule has 1 N–H and O–H groups in total. The summed E-state index contributed by atoms with van der Waals surface area (Å²) in [5, 5.41) is 10.4. The van der Waals surface area contributed by atoms with Gasteiger partial charge in [0.15, 0.2) is 0 Å².